The van der Waals surface area contributed by atoms with Gasteiger partial charge in [-0.25, -0.2) is 0 Å². The van der Waals surface area contributed by atoms with Crippen LogP contribution in [0.3, 0.4) is 0 Å². The third kappa shape index (κ3) is 6.56. The number of carbonyl (C=O) groups excluding carboxylic acids is 2. The van der Waals surface area contributed by atoms with Crippen LogP contribution in [0.2, 0.25) is 0 Å². The van der Waals surface area contributed by atoms with Gasteiger partial charge in [-0.15, -0.1) is 12.6 Å². The minimum Gasteiger partial charge on any atom is -0.497 e. The van der Waals surface area contributed by atoms with E-state index in [0.29, 0.717) is 17.6 Å². The Hall–Kier alpha value is -1.69. The maximum atomic E-state index is 12.6. The lowest BCUT2D eigenvalue weighted by atomic mass is 10.0. The van der Waals surface area contributed by atoms with Gasteiger partial charge < -0.3 is 14.5 Å². The highest BCUT2D eigenvalue weighted by atomic mass is 32.1. The van der Waals surface area contributed by atoms with Crippen LogP contribution >= 0.6 is 12.6 Å². The van der Waals surface area contributed by atoms with Crippen LogP contribution in [0.5, 0.6) is 5.75 Å². The molecule has 0 N–H and O–H groups in total. The van der Waals surface area contributed by atoms with Gasteiger partial charge in [0.15, 0.2) is 5.62 Å². The van der Waals surface area contributed by atoms with Crippen LogP contribution in [0.4, 0.5) is 5.69 Å². The Kier molecular flexibility index (Phi) is 10.2. The first-order valence-electron chi connectivity index (χ1n) is 9.25. The van der Waals surface area contributed by atoms with Crippen molar-refractivity contribution in [1.82, 2.24) is 4.90 Å². The molecule has 6 heteroatoms. The summed E-state index contributed by atoms with van der Waals surface area (Å²) in [6, 6.07) is 8.51. The van der Waals surface area contributed by atoms with Crippen molar-refractivity contribution in [2.75, 3.05) is 31.6 Å². The summed E-state index contributed by atoms with van der Waals surface area (Å²) in [7, 11) is 1.68. The van der Waals surface area contributed by atoms with Gasteiger partial charge in [0.05, 0.1) is 7.11 Å². The summed E-state index contributed by atoms with van der Waals surface area (Å²) in [4.78, 5) is 25.7. The number of unbranched alkanes of at least 4 members (excludes halogenated alkanes) is 1. The van der Waals surface area contributed by atoms with E-state index in [4.69, 9.17) is 9.53 Å². The van der Waals surface area contributed by atoms with Gasteiger partial charge in [-0.05, 0) is 37.6 Å². The molecule has 1 saturated heterocycles. The average Bonchev–Trinajstić information content (AvgIpc) is 2.66. The number of methoxy groups -OCH3 is 1. The molecule has 0 aromatic heterocycles. The van der Waals surface area contributed by atoms with Gasteiger partial charge in [-0.3, -0.25) is 9.59 Å². The standard InChI is InChI=1S/C19H30N2O2.CH2OS/c1-5-6-7-15(2)19(22)20-12-13-21(16(3)14-20)17-8-10-18(23-4)11-9-17;2-1-3/h8-11,15-16H,5-7,12-14H2,1-4H3;1H,(H,2,3). The first-order valence-corrected chi connectivity index (χ1v) is 9.77. The topological polar surface area (TPSA) is 49.9 Å². The SMILES string of the molecule is CCCCC(C)C(=O)N1CCN(c2ccc(OC)cc2)C(C)C1.O=CS. The molecular formula is C20H32N2O3S. The quantitative estimate of drug-likeness (QED) is 0.604. The molecule has 1 amide bonds. The number of piperazine rings is 1. The highest BCUT2D eigenvalue weighted by Crippen LogP contribution is 2.24. The van der Waals surface area contributed by atoms with Crippen LogP contribution in [-0.4, -0.2) is 49.2 Å². The number of benzene rings is 1. The van der Waals surface area contributed by atoms with E-state index < -0.39 is 0 Å². The third-order valence-electron chi connectivity index (χ3n) is 4.76. The zero-order chi connectivity index (χ0) is 19.5. The van der Waals surface area contributed by atoms with E-state index in [9.17, 15) is 4.79 Å². The second-order valence-corrected chi connectivity index (χ2v) is 6.88. The fourth-order valence-electron chi connectivity index (χ4n) is 3.26. The summed E-state index contributed by atoms with van der Waals surface area (Å²) in [5.74, 6) is 1.34. The van der Waals surface area contributed by atoms with Crippen molar-refractivity contribution in [1.29, 1.82) is 0 Å². The van der Waals surface area contributed by atoms with Crippen molar-refractivity contribution in [2.45, 2.75) is 46.1 Å². The van der Waals surface area contributed by atoms with Crippen molar-refractivity contribution in [3.8, 4) is 5.75 Å². The number of hydrogen-bond donors (Lipinski definition) is 1. The summed E-state index contributed by atoms with van der Waals surface area (Å²) < 4.78 is 5.22. The second-order valence-electron chi connectivity index (χ2n) is 6.67. The fourth-order valence-corrected chi connectivity index (χ4v) is 3.26. The van der Waals surface area contributed by atoms with Crippen LogP contribution in [0.1, 0.15) is 40.0 Å². The van der Waals surface area contributed by atoms with Gasteiger partial charge in [0, 0.05) is 37.3 Å². The summed E-state index contributed by atoms with van der Waals surface area (Å²) in [5, 5.41) is 0. The number of rotatable bonds is 6. The minimum atomic E-state index is 0.148. The highest BCUT2D eigenvalue weighted by Gasteiger charge is 2.28. The summed E-state index contributed by atoms with van der Waals surface area (Å²) in [6.07, 6.45) is 3.29. The molecule has 0 spiro atoms. The maximum Gasteiger partial charge on any atom is 0.225 e. The molecule has 146 valence electrons. The molecule has 0 bridgehead atoms. The first-order chi connectivity index (χ1) is 12.5. The molecule has 2 rings (SSSR count). The molecule has 1 aliphatic rings. The van der Waals surface area contributed by atoms with E-state index in [0.717, 1.165) is 44.6 Å². The predicted octanol–water partition coefficient (Wildman–Crippen LogP) is 3.67. The van der Waals surface area contributed by atoms with Crippen LogP contribution in [-0.2, 0) is 9.59 Å². The number of hydrogen-bond acceptors (Lipinski definition) is 4. The molecule has 1 aromatic carbocycles. The molecule has 26 heavy (non-hydrogen) atoms. The highest BCUT2D eigenvalue weighted by molar-refractivity contribution is 7.94. The smallest absolute Gasteiger partial charge is 0.225 e. The van der Waals surface area contributed by atoms with Crippen molar-refractivity contribution >= 4 is 29.8 Å². The average molecular weight is 381 g/mol. The molecule has 1 aliphatic heterocycles. The lowest BCUT2D eigenvalue weighted by molar-refractivity contribution is -0.136. The van der Waals surface area contributed by atoms with Crippen molar-refractivity contribution < 1.29 is 14.3 Å². The zero-order valence-corrected chi connectivity index (χ0v) is 17.2. The number of nitrogens with zero attached hydrogens (tertiary/aromatic N) is 2. The van der Waals surface area contributed by atoms with Gasteiger partial charge in [0.25, 0.3) is 0 Å². The summed E-state index contributed by atoms with van der Waals surface area (Å²) >= 11 is 3.11. The molecule has 0 radical (unpaired) electrons. The fraction of sp³-hybridized carbons (Fsp3) is 0.600. The summed E-state index contributed by atoms with van der Waals surface area (Å²) in [5.41, 5.74) is 1.64. The van der Waals surface area contributed by atoms with E-state index in [2.05, 4.69) is 50.4 Å². The maximum absolute atomic E-state index is 12.6. The Morgan fingerprint density at radius 3 is 2.46 bits per heavy atom. The van der Waals surface area contributed by atoms with Gasteiger partial charge in [0.1, 0.15) is 5.75 Å². The van der Waals surface area contributed by atoms with E-state index in [-0.39, 0.29) is 5.92 Å². The van der Waals surface area contributed by atoms with E-state index in [1.165, 1.54) is 5.69 Å². The minimum absolute atomic E-state index is 0.148. The number of thiol groups is 1. The molecular weight excluding hydrogens is 348 g/mol. The van der Waals surface area contributed by atoms with Crippen LogP contribution < -0.4 is 9.64 Å². The molecule has 5 nitrogen and oxygen atoms in total. The van der Waals surface area contributed by atoms with E-state index in [1.54, 1.807) is 7.11 Å². The molecule has 0 saturated carbocycles. The van der Waals surface area contributed by atoms with Gasteiger partial charge in [0.2, 0.25) is 5.91 Å². The number of carbonyl (C=O) groups is 2. The van der Waals surface area contributed by atoms with Crippen molar-refractivity contribution in [3.63, 3.8) is 0 Å². The van der Waals surface area contributed by atoms with Crippen LogP contribution in [0, 0.1) is 5.92 Å². The molecule has 2 unspecified atom stereocenters. The molecule has 1 aromatic rings. The largest absolute Gasteiger partial charge is 0.497 e. The molecule has 2 atom stereocenters. The van der Waals surface area contributed by atoms with E-state index in [1.807, 2.05) is 17.0 Å². The first kappa shape index (κ1) is 22.4. The van der Waals surface area contributed by atoms with Crippen molar-refractivity contribution in [2.24, 2.45) is 5.92 Å². The van der Waals surface area contributed by atoms with Crippen LogP contribution in [0.25, 0.3) is 0 Å². The number of amides is 1. The molecule has 1 fully saturated rings. The van der Waals surface area contributed by atoms with E-state index >= 15 is 0 Å². The second kappa shape index (κ2) is 11.8. The summed E-state index contributed by atoms with van der Waals surface area (Å²) in [6.45, 7) is 8.94. The van der Waals surface area contributed by atoms with Gasteiger partial charge in [-0.1, -0.05) is 26.7 Å². The normalized spacial score (nSPS) is 17.8. The van der Waals surface area contributed by atoms with Gasteiger partial charge >= 0.3 is 0 Å². The molecule has 0 aliphatic carbocycles. The predicted molar refractivity (Wildman–Crippen MR) is 111 cm³/mol. The monoisotopic (exact) mass is 380 g/mol. The zero-order valence-electron chi connectivity index (χ0n) is 16.4. The lowest BCUT2D eigenvalue weighted by Crippen LogP contribution is -2.54. The Balaban J connectivity index is 0.00000105. The Labute approximate surface area is 163 Å². The van der Waals surface area contributed by atoms with Crippen molar-refractivity contribution in [3.05, 3.63) is 24.3 Å². The third-order valence-corrected chi connectivity index (χ3v) is 4.76. The Bertz CT molecular complexity index is 550. The Morgan fingerprint density at radius 1 is 1.35 bits per heavy atom. The lowest BCUT2D eigenvalue weighted by Gasteiger charge is -2.42. The number of ether oxygens (including phenoxy) is 1. The number of anilines is 1. The Morgan fingerprint density at radius 2 is 1.96 bits per heavy atom. The van der Waals surface area contributed by atoms with Gasteiger partial charge in [-0.2, -0.15) is 0 Å². The molecule has 1 heterocycles. The van der Waals surface area contributed by atoms with Crippen LogP contribution in [0.15, 0.2) is 24.3 Å².